The lowest BCUT2D eigenvalue weighted by atomic mass is 10.0. The van der Waals surface area contributed by atoms with Crippen LogP contribution in [-0.4, -0.2) is 12.2 Å². The van der Waals surface area contributed by atoms with Crippen LogP contribution in [0.4, 0.5) is 13.2 Å². The van der Waals surface area contributed by atoms with Gasteiger partial charge in [-0.1, -0.05) is 12.1 Å². The van der Waals surface area contributed by atoms with E-state index >= 15 is 0 Å². The fraction of sp³-hybridized carbons (Fsp3) is 0.300. The second kappa shape index (κ2) is 2.83. The molecule has 1 aromatic carbocycles. The van der Waals surface area contributed by atoms with Crippen molar-refractivity contribution < 1.29 is 18.0 Å². The van der Waals surface area contributed by atoms with Crippen molar-refractivity contribution in [2.45, 2.75) is 18.3 Å². The highest BCUT2D eigenvalue weighted by Crippen LogP contribution is 2.56. The molecule has 0 aliphatic heterocycles. The number of halogens is 3. The third-order valence-electron chi connectivity index (χ3n) is 2.39. The van der Waals surface area contributed by atoms with Gasteiger partial charge in [-0.2, -0.15) is 0 Å². The van der Waals surface area contributed by atoms with Gasteiger partial charge in [0.1, 0.15) is 12.1 Å². The Morgan fingerprint density at radius 1 is 1.43 bits per heavy atom. The van der Waals surface area contributed by atoms with Crippen LogP contribution in [0.2, 0.25) is 0 Å². The van der Waals surface area contributed by atoms with Crippen LogP contribution < -0.4 is 0 Å². The Morgan fingerprint density at radius 3 is 2.57 bits per heavy atom. The molecule has 1 unspecified atom stereocenters. The van der Waals surface area contributed by atoms with Gasteiger partial charge in [-0.15, -0.1) is 0 Å². The highest BCUT2D eigenvalue weighted by molar-refractivity contribution is 5.78. The summed E-state index contributed by atoms with van der Waals surface area (Å²) in [5, 5.41) is 0. The lowest BCUT2D eigenvalue weighted by Gasteiger charge is -2.04. The molecule has 0 radical (unpaired) electrons. The van der Waals surface area contributed by atoms with Gasteiger partial charge in [0, 0.05) is 17.5 Å². The zero-order valence-corrected chi connectivity index (χ0v) is 7.14. The first-order chi connectivity index (χ1) is 6.56. The topological polar surface area (TPSA) is 17.1 Å². The van der Waals surface area contributed by atoms with Crippen LogP contribution in [0.25, 0.3) is 0 Å². The van der Waals surface area contributed by atoms with Crippen molar-refractivity contribution in [2.75, 3.05) is 0 Å². The van der Waals surface area contributed by atoms with Gasteiger partial charge < -0.3 is 0 Å². The van der Waals surface area contributed by atoms with Crippen LogP contribution in [0, 0.1) is 5.82 Å². The summed E-state index contributed by atoms with van der Waals surface area (Å²) in [4.78, 5) is 10.5. The molecule has 0 spiro atoms. The Labute approximate surface area is 78.5 Å². The van der Waals surface area contributed by atoms with Crippen LogP contribution in [0.1, 0.15) is 28.3 Å². The van der Waals surface area contributed by atoms with E-state index < -0.39 is 17.7 Å². The molecular weight excluding hydrogens is 193 g/mol. The van der Waals surface area contributed by atoms with Crippen LogP contribution in [0.5, 0.6) is 0 Å². The van der Waals surface area contributed by atoms with Gasteiger partial charge in [0.15, 0.2) is 0 Å². The molecule has 0 aromatic heterocycles. The van der Waals surface area contributed by atoms with Gasteiger partial charge in [-0.3, -0.25) is 4.79 Å². The van der Waals surface area contributed by atoms with E-state index in [0.29, 0.717) is 6.29 Å². The van der Waals surface area contributed by atoms with Gasteiger partial charge in [0.25, 0.3) is 5.92 Å². The van der Waals surface area contributed by atoms with Gasteiger partial charge in [0.05, 0.1) is 5.92 Å². The summed E-state index contributed by atoms with van der Waals surface area (Å²) >= 11 is 0. The van der Waals surface area contributed by atoms with E-state index in [1.807, 2.05) is 0 Å². The molecule has 2 rings (SSSR count). The standard InChI is InChI=1S/C10H7F3O/c11-8-3-1-2-6(5-14)9(8)7-4-10(7,12)13/h1-3,5,7H,4H2. The molecule has 1 aliphatic rings. The Balaban J connectivity index is 2.47. The molecule has 4 heteroatoms. The van der Waals surface area contributed by atoms with E-state index in [2.05, 4.69) is 0 Å². The number of rotatable bonds is 2. The number of aldehydes is 1. The zero-order chi connectivity index (χ0) is 10.3. The van der Waals surface area contributed by atoms with Crippen molar-refractivity contribution in [1.29, 1.82) is 0 Å². The summed E-state index contributed by atoms with van der Waals surface area (Å²) < 4.78 is 38.6. The summed E-state index contributed by atoms with van der Waals surface area (Å²) in [7, 11) is 0. The Hall–Kier alpha value is -1.32. The lowest BCUT2D eigenvalue weighted by Crippen LogP contribution is -2.00. The second-order valence-corrected chi connectivity index (χ2v) is 3.38. The molecule has 1 aliphatic carbocycles. The average molecular weight is 200 g/mol. The Kier molecular flexibility index (Phi) is 1.87. The highest BCUT2D eigenvalue weighted by Gasteiger charge is 2.59. The fourth-order valence-corrected chi connectivity index (χ4v) is 1.55. The van der Waals surface area contributed by atoms with Crippen molar-refractivity contribution in [3.63, 3.8) is 0 Å². The van der Waals surface area contributed by atoms with E-state index in [1.54, 1.807) is 0 Å². The second-order valence-electron chi connectivity index (χ2n) is 3.38. The number of hydrogen-bond acceptors (Lipinski definition) is 1. The molecule has 14 heavy (non-hydrogen) atoms. The van der Waals surface area contributed by atoms with Crippen molar-refractivity contribution in [1.82, 2.24) is 0 Å². The maximum Gasteiger partial charge on any atom is 0.256 e. The van der Waals surface area contributed by atoms with Crippen molar-refractivity contribution >= 4 is 6.29 Å². The lowest BCUT2D eigenvalue weighted by molar-refractivity contribution is 0.110. The number of carbonyl (C=O) groups excluding carboxylic acids is 1. The molecule has 1 saturated carbocycles. The molecule has 0 heterocycles. The first-order valence-electron chi connectivity index (χ1n) is 4.17. The summed E-state index contributed by atoms with van der Waals surface area (Å²) in [6.07, 6.45) is 0.0432. The number of hydrogen-bond donors (Lipinski definition) is 0. The number of alkyl halides is 2. The minimum absolute atomic E-state index is 0.0205. The molecule has 74 valence electrons. The van der Waals surface area contributed by atoms with Crippen LogP contribution in [0.3, 0.4) is 0 Å². The first-order valence-corrected chi connectivity index (χ1v) is 4.17. The quantitative estimate of drug-likeness (QED) is 0.671. The average Bonchev–Trinajstić information content (AvgIpc) is 2.74. The maximum absolute atomic E-state index is 13.2. The van der Waals surface area contributed by atoms with Gasteiger partial charge >= 0.3 is 0 Å². The largest absolute Gasteiger partial charge is 0.298 e. The van der Waals surface area contributed by atoms with Gasteiger partial charge in [-0.05, 0) is 6.07 Å². The van der Waals surface area contributed by atoms with E-state index in [0.717, 1.165) is 6.07 Å². The molecule has 0 N–H and O–H groups in total. The van der Waals surface area contributed by atoms with Crippen LogP contribution in [-0.2, 0) is 0 Å². The Bertz CT molecular complexity index is 387. The predicted molar refractivity (Wildman–Crippen MR) is 44.1 cm³/mol. The van der Waals surface area contributed by atoms with E-state index in [4.69, 9.17) is 0 Å². The SMILES string of the molecule is O=Cc1cccc(F)c1C1CC1(F)F. The third kappa shape index (κ3) is 1.31. The Morgan fingerprint density at radius 2 is 2.07 bits per heavy atom. The smallest absolute Gasteiger partial charge is 0.256 e. The highest BCUT2D eigenvalue weighted by atomic mass is 19.3. The fourth-order valence-electron chi connectivity index (χ4n) is 1.55. The molecule has 1 fully saturated rings. The van der Waals surface area contributed by atoms with E-state index in [-0.39, 0.29) is 17.5 Å². The molecule has 0 saturated heterocycles. The monoisotopic (exact) mass is 200 g/mol. The summed E-state index contributed by atoms with van der Waals surface area (Å²) in [6.45, 7) is 0. The molecule has 1 aromatic rings. The number of carbonyl (C=O) groups is 1. The van der Waals surface area contributed by atoms with Crippen LogP contribution in [0.15, 0.2) is 18.2 Å². The molecule has 0 bridgehead atoms. The first kappa shape index (κ1) is 9.24. The third-order valence-corrected chi connectivity index (χ3v) is 2.39. The van der Waals surface area contributed by atoms with Crippen LogP contribution >= 0.6 is 0 Å². The number of benzene rings is 1. The summed E-state index contributed by atoms with van der Waals surface area (Å²) in [5.74, 6) is -4.69. The van der Waals surface area contributed by atoms with Crippen molar-refractivity contribution in [3.05, 3.63) is 35.1 Å². The summed E-state index contributed by atoms with van der Waals surface area (Å²) in [6, 6.07) is 3.78. The van der Waals surface area contributed by atoms with Crippen molar-refractivity contribution in [2.24, 2.45) is 0 Å². The maximum atomic E-state index is 13.2. The molecule has 1 atom stereocenters. The minimum Gasteiger partial charge on any atom is -0.298 e. The van der Waals surface area contributed by atoms with Gasteiger partial charge in [0.2, 0.25) is 0 Å². The van der Waals surface area contributed by atoms with E-state index in [9.17, 15) is 18.0 Å². The minimum atomic E-state index is -2.85. The zero-order valence-electron chi connectivity index (χ0n) is 7.14. The van der Waals surface area contributed by atoms with E-state index in [1.165, 1.54) is 12.1 Å². The normalized spacial score (nSPS) is 23.2. The van der Waals surface area contributed by atoms with Crippen molar-refractivity contribution in [3.8, 4) is 0 Å². The molecule has 1 nitrogen and oxygen atoms in total. The molecular formula is C10H7F3O. The molecule has 0 amide bonds. The van der Waals surface area contributed by atoms with Gasteiger partial charge in [-0.25, -0.2) is 13.2 Å². The summed E-state index contributed by atoms with van der Waals surface area (Å²) in [5.41, 5.74) is -0.125. The predicted octanol–water partition coefficient (Wildman–Crippen LogP) is 2.76.